The van der Waals surface area contributed by atoms with Crippen LogP contribution >= 0.6 is 11.3 Å². The van der Waals surface area contributed by atoms with Gasteiger partial charge in [-0.1, -0.05) is 17.9 Å². The van der Waals surface area contributed by atoms with Gasteiger partial charge in [-0.15, -0.1) is 0 Å². The van der Waals surface area contributed by atoms with Crippen molar-refractivity contribution in [3.8, 4) is 29.4 Å². The van der Waals surface area contributed by atoms with Gasteiger partial charge < -0.3 is 14.9 Å². The number of benzene rings is 1. The van der Waals surface area contributed by atoms with Gasteiger partial charge in [0.2, 0.25) is 0 Å². The minimum atomic E-state index is -0.762. The van der Waals surface area contributed by atoms with Crippen molar-refractivity contribution in [1.82, 2.24) is 0 Å². The minimum absolute atomic E-state index is 0.0792. The molecular weight excluding hydrogens is 326 g/mol. The van der Waals surface area contributed by atoms with Crippen LogP contribution in [0.15, 0.2) is 40.6 Å². The second kappa shape index (κ2) is 8.42. The number of esters is 1. The fourth-order valence-electron chi connectivity index (χ4n) is 1.71. The molecule has 0 aliphatic rings. The molecule has 2 N–H and O–H groups in total. The normalized spacial score (nSPS) is 10.4. The van der Waals surface area contributed by atoms with E-state index in [4.69, 9.17) is 10.00 Å². The molecule has 5 nitrogen and oxygen atoms in total. The Kier molecular flexibility index (Phi) is 6.01. The summed E-state index contributed by atoms with van der Waals surface area (Å²) in [6.45, 7) is 0.0792. The third-order valence-corrected chi connectivity index (χ3v) is 3.55. The van der Waals surface area contributed by atoms with Crippen LogP contribution in [0, 0.1) is 23.2 Å². The van der Waals surface area contributed by atoms with Crippen LogP contribution < -0.4 is 0 Å². The van der Waals surface area contributed by atoms with E-state index < -0.39 is 5.97 Å². The predicted molar refractivity (Wildman–Crippen MR) is 90.1 cm³/mol. The summed E-state index contributed by atoms with van der Waals surface area (Å²) in [7, 11) is 0. The van der Waals surface area contributed by atoms with Gasteiger partial charge >= 0.3 is 5.97 Å². The van der Waals surface area contributed by atoms with Crippen LogP contribution in [0.5, 0.6) is 11.5 Å². The largest absolute Gasteiger partial charge is 0.504 e. The Morgan fingerprint density at radius 3 is 2.79 bits per heavy atom. The first-order chi connectivity index (χ1) is 11.6. The van der Waals surface area contributed by atoms with Gasteiger partial charge in [0.25, 0.3) is 0 Å². The number of hydrogen-bond acceptors (Lipinski definition) is 6. The summed E-state index contributed by atoms with van der Waals surface area (Å²) in [5, 5.41) is 31.5. The summed E-state index contributed by atoms with van der Waals surface area (Å²) in [4.78, 5) is 11.9. The number of phenols is 2. The summed E-state index contributed by atoms with van der Waals surface area (Å²) in [5.41, 5.74) is 1.11. The first-order valence-electron chi connectivity index (χ1n) is 6.92. The fraction of sp³-hybridized carbons (Fsp3) is 0.111. The number of aromatic hydroxyl groups is 2. The highest BCUT2D eigenvalue weighted by molar-refractivity contribution is 7.08. The van der Waals surface area contributed by atoms with E-state index in [0.29, 0.717) is 12.0 Å². The van der Waals surface area contributed by atoms with Gasteiger partial charge in [-0.25, -0.2) is 4.79 Å². The van der Waals surface area contributed by atoms with Crippen molar-refractivity contribution in [2.75, 3.05) is 6.61 Å². The fourth-order valence-corrected chi connectivity index (χ4v) is 2.29. The third-order valence-electron chi connectivity index (χ3n) is 2.86. The van der Waals surface area contributed by atoms with Gasteiger partial charge in [0.05, 0.1) is 0 Å². The Bertz CT molecular complexity index is 851. The molecule has 0 radical (unpaired) electrons. The van der Waals surface area contributed by atoms with E-state index in [1.165, 1.54) is 24.3 Å². The van der Waals surface area contributed by atoms with Crippen molar-refractivity contribution in [3.05, 3.63) is 51.7 Å². The van der Waals surface area contributed by atoms with Crippen LogP contribution in [0.25, 0.3) is 6.08 Å². The van der Waals surface area contributed by atoms with E-state index in [-0.39, 0.29) is 23.7 Å². The maximum Gasteiger partial charge on any atom is 0.348 e. The first kappa shape index (κ1) is 17.1. The van der Waals surface area contributed by atoms with Gasteiger partial charge in [0, 0.05) is 17.4 Å². The van der Waals surface area contributed by atoms with E-state index in [9.17, 15) is 15.0 Å². The van der Waals surface area contributed by atoms with Crippen LogP contribution in [0.3, 0.4) is 0 Å². The smallest absolute Gasteiger partial charge is 0.348 e. The molecule has 0 aliphatic carbocycles. The average molecular weight is 339 g/mol. The second-order valence-electron chi connectivity index (χ2n) is 4.62. The van der Waals surface area contributed by atoms with Crippen LogP contribution in [-0.2, 0) is 9.53 Å². The molecular formula is C18H13NO4S. The summed E-state index contributed by atoms with van der Waals surface area (Å²) >= 11 is 1.55. The Labute approximate surface area is 143 Å². The zero-order chi connectivity index (χ0) is 17.4. The van der Waals surface area contributed by atoms with Gasteiger partial charge in [-0.05, 0) is 35.2 Å². The van der Waals surface area contributed by atoms with Crippen LogP contribution in [0.1, 0.15) is 17.5 Å². The van der Waals surface area contributed by atoms with E-state index in [1.54, 1.807) is 17.4 Å². The van der Waals surface area contributed by atoms with Gasteiger partial charge in [0.15, 0.2) is 11.5 Å². The number of carbonyl (C=O) groups is 1. The van der Waals surface area contributed by atoms with Crippen molar-refractivity contribution in [2.45, 2.75) is 6.42 Å². The molecule has 0 bridgehead atoms. The summed E-state index contributed by atoms with van der Waals surface area (Å²) < 4.78 is 5.00. The zero-order valence-corrected chi connectivity index (χ0v) is 13.3. The number of phenolic OH excluding ortho intramolecular Hbond substituents is 2. The lowest BCUT2D eigenvalue weighted by Crippen LogP contribution is -2.07. The SMILES string of the molecule is N#C/C(=C/c1ccc(O)c(O)c1)C(=O)OCCC#Cc1ccsc1. The molecule has 120 valence electrons. The highest BCUT2D eigenvalue weighted by atomic mass is 32.1. The number of hydrogen-bond donors (Lipinski definition) is 2. The molecule has 1 heterocycles. The number of nitriles is 1. The van der Waals surface area contributed by atoms with E-state index in [0.717, 1.165) is 5.56 Å². The lowest BCUT2D eigenvalue weighted by atomic mass is 10.1. The number of rotatable bonds is 4. The lowest BCUT2D eigenvalue weighted by molar-refractivity contribution is -0.138. The number of nitrogens with zero attached hydrogens (tertiary/aromatic N) is 1. The van der Waals surface area contributed by atoms with Crippen molar-refractivity contribution in [1.29, 1.82) is 5.26 Å². The quantitative estimate of drug-likeness (QED) is 0.223. The molecule has 2 rings (SSSR count). The van der Waals surface area contributed by atoms with Crippen molar-refractivity contribution >= 4 is 23.4 Å². The molecule has 0 spiro atoms. The Balaban J connectivity index is 1.92. The van der Waals surface area contributed by atoms with Crippen LogP contribution in [0.2, 0.25) is 0 Å². The molecule has 0 saturated heterocycles. The number of thiophene rings is 1. The lowest BCUT2D eigenvalue weighted by Gasteiger charge is -2.02. The van der Waals surface area contributed by atoms with Gasteiger partial charge in [-0.3, -0.25) is 0 Å². The van der Waals surface area contributed by atoms with E-state index in [1.807, 2.05) is 16.8 Å². The highest BCUT2D eigenvalue weighted by Crippen LogP contribution is 2.25. The Hall–Kier alpha value is -3.22. The van der Waals surface area contributed by atoms with Gasteiger partial charge in [-0.2, -0.15) is 16.6 Å². The Morgan fingerprint density at radius 2 is 2.12 bits per heavy atom. The zero-order valence-electron chi connectivity index (χ0n) is 12.5. The van der Waals surface area contributed by atoms with E-state index >= 15 is 0 Å². The standard InChI is InChI=1S/C18H13NO4S/c19-11-15(9-14-4-5-16(20)17(21)10-14)18(22)23-7-2-1-3-13-6-8-24-12-13/h4-6,8-10,12,20-21H,2,7H2/b15-9-. The van der Waals surface area contributed by atoms with Crippen molar-refractivity contribution < 1.29 is 19.7 Å². The van der Waals surface area contributed by atoms with Crippen molar-refractivity contribution in [2.24, 2.45) is 0 Å². The molecule has 0 amide bonds. The maximum absolute atomic E-state index is 11.9. The molecule has 2 aromatic rings. The monoisotopic (exact) mass is 339 g/mol. The first-order valence-corrected chi connectivity index (χ1v) is 7.86. The second-order valence-corrected chi connectivity index (χ2v) is 5.40. The molecule has 0 saturated carbocycles. The molecule has 1 aromatic carbocycles. The summed E-state index contributed by atoms with van der Waals surface area (Å²) in [6.07, 6.45) is 1.64. The number of carbonyl (C=O) groups excluding carboxylic acids is 1. The number of ether oxygens (including phenoxy) is 1. The minimum Gasteiger partial charge on any atom is -0.504 e. The van der Waals surface area contributed by atoms with Crippen LogP contribution in [0.4, 0.5) is 0 Å². The highest BCUT2D eigenvalue weighted by Gasteiger charge is 2.11. The van der Waals surface area contributed by atoms with E-state index in [2.05, 4.69) is 11.8 Å². The topological polar surface area (TPSA) is 90.5 Å². The summed E-state index contributed by atoms with van der Waals surface area (Å²) in [6, 6.07) is 7.62. The average Bonchev–Trinajstić information content (AvgIpc) is 3.08. The van der Waals surface area contributed by atoms with Crippen LogP contribution in [-0.4, -0.2) is 22.8 Å². The molecule has 6 heteroatoms. The molecule has 0 fully saturated rings. The molecule has 0 atom stereocenters. The molecule has 24 heavy (non-hydrogen) atoms. The Morgan fingerprint density at radius 1 is 1.29 bits per heavy atom. The van der Waals surface area contributed by atoms with Crippen molar-refractivity contribution in [3.63, 3.8) is 0 Å². The summed E-state index contributed by atoms with van der Waals surface area (Å²) in [5.74, 6) is 4.43. The maximum atomic E-state index is 11.9. The predicted octanol–water partition coefficient (Wildman–Crippen LogP) is 3.05. The van der Waals surface area contributed by atoms with Gasteiger partial charge in [0.1, 0.15) is 18.2 Å². The molecule has 0 unspecified atom stereocenters. The third kappa shape index (κ3) is 4.91. The molecule has 1 aromatic heterocycles. The molecule has 0 aliphatic heterocycles.